The third kappa shape index (κ3) is 1.79. The average molecular weight is 376 g/mol. The lowest BCUT2D eigenvalue weighted by atomic mass is 9.53. The van der Waals surface area contributed by atoms with Gasteiger partial charge in [0.15, 0.2) is 5.41 Å². The van der Waals surface area contributed by atoms with Crippen LogP contribution in [0.2, 0.25) is 0 Å². The maximum Gasteiger partial charge on any atom is 0.244 e. The van der Waals surface area contributed by atoms with Gasteiger partial charge in [-0.05, 0) is 30.3 Å². The Kier molecular flexibility index (Phi) is 3.58. The zero-order valence-corrected chi connectivity index (χ0v) is 14.6. The maximum atomic E-state index is 13.5. The summed E-state index contributed by atoms with van der Waals surface area (Å²) >= 11 is 0. The number of nitrogens with one attached hydrogen (secondary N) is 1. The standard InChI is InChI=1S/C20H13FN4O3/c1-12-19(11-24)17(25)28-20(12,14-2-4-15(21)5-3-14)27-16(13-6-7-26-8-13)18(19,9-22)10-23/h2-8,12,16,25H,1H3. The predicted molar refractivity (Wildman–Crippen MR) is 90.3 cm³/mol. The molecule has 0 radical (unpaired) electrons. The Labute approximate surface area is 159 Å². The Morgan fingerprint density at radius 1 is 1.07 bits per heavy atom. The second-order valence-corrected chi connectivity index (χ2v) is 6.83. The molecule has 0 amide bonds. The fourth-order valence-electron chi connectivity index (χ4n) is 4.27. The van der Waals surface area contributed by atoms with Crippen LogP contribution in [0.25, 0.3) is 0 Å². The number of fused-ring (bicyclic) bond motifs is 2. The second-order valence-electron chi connectivity index (χ2n) is 6.83. The zero-order valence-electron chi connectivity index (χ0n) is 14.6. The summed E-state index contributed by atoms with van der Waals surface area (Å²) in [4.78, 5) is 0. The molecule has 2 aliphatic rings. The molecule has 0 saturated carbocycles. The average Bonchev–Trinajstić information content (AvgIpc) is 3.28. The van der Waals surface area contributed by atoms with E-state index in [9.17, 15) is 20.2 Å². The van der Waals surface area contributed by atoms with Gasteiger partial charge in [0, 0.05) is 11.1 Å². The van der Waals surface area contributed by atoms with E-state index < -0.39 is 40.4 Å². The Hall–Kier alpha value is -3.67. The molecule has 0 aliphatic carbocycles. The molecule has 0 spiro atoms. The van der Waals surface area contributed by atoms with Gasteiger partial charge in [0.05, 0.1) is 36.7 Å². The van der Waals surface area contributed by atoms with Crippen LogP contribution in [0.4, 0.5) is 4.39 Å². The van der Waals surface area contributed by atoms with Crippen molar-refractivity contribution in [3.63, 3.8) is 0 Å². The topological polar surface area (TPSA) is 127 Å². The fraction of sp³-hybridized carbons (Fsp3) is 0.300. The van der Waals surface area contributed by atoms with Crippen molar-refractivity contribution >= 4 is 5.90 Å². The van der Waals surface area contributed by atoms with Crippen LogP contribution in [0.15, 0.2) is 47.3 Å². The number of hydrogen-bond donors (Lipinski definition) is 1. The van der Waals surface area contributed by atoms with Crippen molar-refractivity contribution in [3.05, 3.63) is 59.8 Å². The molecule has 4 atom stereocenters. The van der Waals surface area contributed by atoms with Crippen LogP contribution < -0.4 is 0 Å². The monoisotopic (exact) mass is 376 g/mol. The van der Waals surface area contributed by atoms with Gasteiger partial charge in [-0.1, -0.05) is 6.92 Å². The van der Waals surface area contributed by atoms with Crippen molar-refractivity contribution in [1.29, 1.82) is 21.2 Å². The van der Waals surface area contributed by atoms with Gasteiger partial charge >= 0.3 is 0 Å². The highest BCUT2D eigenvalue weighted by molar-refractivity contribution is 5.89. The van der Waals surface area contributed by atoms with Crippen molar-refractivity contribution < 1.29 is 18.3 Å². The van der Waals surface area contributed by atoms with Crippen LogP contribution in [-0.4, -0.2) is 5.90 Å². The van der Waals surface area contributed by atoms with E-state index in [-0.39, 0.29) is 0 Å². The van der Waals surface area contributed by atoms with E-state index in [2.05, 4.69) is 0 Å². The number of halogens is 1. The molecule has 138 valence electrons. The summed E-state index contributed by atoms with van der Waals surface area (Å²) in [5, 5.41) is 38.6. The lowest BCUT2D eigenvalue weighted by Gasteiger charge is -2.48. The van der Waals surface area contributed by atoms with Gasteiger partial charge in [-0.15, -0.1) is 0 Å². The van der Waals surface area contributed by atoms with Crippen molar-refractivity contribution in [1.82, 2.24) is 0 Å². The molecule has 1 N–H and O–H groups in total. The molecule has 1 aromatic carbocycles. The van der Waals surface area contributed by atoms with Crippen molar-refractivity contribution in [2.75, 3.05) is 0 Å². The lowest BCUT2D eigenvalue weighted by Crippen LogP contribution is -2.57. The number of furan rings is 1. The minimum absolute atomic E-state index is 0.361. The minimum Gasteiger partial charge on any atom is -0.472 e. The number of ether oxygens (including phenoxy) is 2. The maximum absolute atomic E-state index is 13.5. The normalized spacial score (nSPS) is 32.6. The highest BCUT2D eigenvalue weighted by atomic mass is 19.1. The summed E-state index contributed by atoms with van der Waals surface area (Å²) in [6.45, 7) is 1.59. The predicted octanol–water partition coefficient (Wildman–Crippen LogP) is 3.53. The Bertz CT molecular complexity index is 1060. The van der Waals surface area contributed by atoms with Crippen LogP contribution in [-0.2, 0) is 15.3 Å². The van der Waals surface area contributed by atoms with E-state index >= 15 is 0 Å². The third-order valence-electron chi connectivity index (χ3n) is 5.76. The van der Waals surface area contributed by atoms with Crippen molar-refractivity contribution in [2.24, 2.45) is 16.7 Å². The van der Waals surface area contributed by atoms with Crippen molar-refractivity contribution in [2.45, 2.75) is 18.8 Å². The zero-order chi connectivity index (χ0) is 20.2. The van der Waals surface area contributed by atoms with E-state index in [1.54, 1.807) is 6.92 Å². The second kappa shape index (κ2) is 5.66. The first kappa shape index (κ1) is 17.7. The first-order valence-electron chi connectivity index (χ1n) is 8.39. The Morgan fingerprint density at radius 2 is 1.75 bits per heavy atom. The highest BCUT2D eigenvalue weighted by Gasteiger charge is 2.79. The molecule has 1 aromatic heterocycles. The third-order valence-corrected chi connectivity index (χ3v) is 5.76. The summed E-state index contributed by atoms with van der Waals surface area (Å²) in [5.74, 6) is -3.54. The summed E-state index contributed by atoms with van der Waals surface area (Å²) in [5.41, 5.74) is -3.21. The van der Waals surface area contributed by atoms with Gasteiger partial charge in [0.25, 0.3) is 0 Å². The molecular formula is C20H13FN4O3. The van der Waals surface area contributed by atoms with E-state index in [1.165, 1.54) is 42.9 Å². The molecule has 2 aliphatic heterocycles. The number of nitriles is 3. The van der Waals surface area contributed by atoms with E-state index in [0.29, 0.717) is 11.1 Å². The molecule has 28 heavy (non-hydrogen) atoms. The molecule has 3 heterocycles. The number of rotatable bonds is 2. The molecule has 8 heteroatoms. The minimum atomic E-state index is -2.05. The number of benzene rings is 1. The smallest absolute Gasteiger partial charge is 0.244 e. The summed E-state index contributed by atoms with van der Waals surface area (Å²) < 4.78 is 30.5. The highest BCUT2D eigenvalue weighted by Crippen LogP contribution is 2.68. The number of hydrogen-bond acceptors (Lipinski definition) is 7. The first-order chi connectivity index (χ1) is 13.4. The molecule has 4 unspecified atom stereocenters. The van der Waals surface area contributed by atoms with Gasteiger partial charge in [0.1, 0.15) is 11.9 Å². The summed E-state index contributed by atoms with van der Waals surface area (Å²) in [7, 11) is 0. The Morgan fingerprint density at radius 3 is 2.29 bits per heavy atom. The molecular weight excluding hydrogens is 363 g/mol. The fourth-order valence-corrected chi connectivity index (χ4v) is 4.27. The van der Waals surface area contributed by atoms with Crippen LogP contribution in [0.5, 0.6) is 0 Å². The van der Waals surface area contributed by atoms with Gasteiger partial charge < -0.3 is 13.9 Å². The summed E-state index contributed by atoms with van der Waals surface area (Å²) in [6, 6.07) is 12.7. The van der Waals surface area contributed by atoms with Gasteiger partial charge in [-0.2, -0.15) is 15.8 Å². The molecule has 2 fully saturated rings. The van der Waals surface area contributed by atoms with Crippen molar-refractivity contribution in [3.8, 4) is 18.2 Å². The van der Waals surface area contributed by atoms with Crippen LogP contribution in [0.3, 0.4) is 0 Å². The molecule has 2 saturated heterocycles. The van der Waals surface area contributed by atoms with Crippen LogP contribution in [0.1, 0.15) is 24.2 Å². The number of nitrogens with zero attached hydrogens (tertiary/aromatic N) is 3. The SMILES string of the molecule is CC1C2(c3ccc(F)cc3)OC(=N)C1(C#N)C(C#N)(C#N)C(c1ccoc1)O2. The van der Waals surface area contributed by atoms with Gasteiger partial charge in [0.2, 0.25) is 17.1 Å². The Balaban J connectivity index is 2.04. The first-order valence-corrected chi connectivity index (χ1v) is 8.39. The molecule has 7 nitrogen and oxygen atoms in total. The largest absolute Gasteiger partial charge is 0.472 e. The summed E-state index contributed by atoms with van der Waals surface area (Å²) in [6.07, 6.45) is 1.44. The quantitative estimate of drug-likeness (QED) is 0.854. The molecule has 2 bridgehead atoms. The van der Waals surface area contributed by atoms with E-state index in [1.807, 2.05) is 18.2 Å². The molecule has 4 rings (SSSR count). The van der Waals surface area contributed by atoms with E-state index in [0.717, 1.165) is 0 Å². The van der Waals surface area contributed by atoms with Crippen LogP contribution in [0, 0.1) is 62.0 Å². The lowest BCUT2D eigenvalue weighted by molar-refractivity contribution is -0.288. The van der Waals surface area contributed by atoms with Gasteiger partial charge in [-0.3, -0.25) is 5.41 Å². The molecule has 2 aromatic rings. The van der Waals surface area contributed by atoms with Crippen LogP contribution >= 0.6 is 0 Å². The van der Waals surface area contributed by atoms with E-state index in [4.69, 9.17) is 19.3 Å². The van der Waals surface area contributed by atoms with Gasteiger partial charge in [-0.25, -0.2) is 4.39 Å².